The van der Waals surface area contributed by atoms with Gasteiger partial charge in [-0.3, -0.25) is 14.4 Å². The number of nitrogens with zero attached hydrogens (tertiary/aromatic N) is 2. The highest BCUT2D eigenvalue weighted by molar-refractivity contribution is 6.31. The Hall–Kier alpha value is -3.35. The third-order valence-corrected chi connectivity index (χ3v) is 5.92. The first-order valence-corrected chi connectivity index (χ1v) is 10.2. The highest BCUT2D eigenvalue weighted by Crippen LogP contribution is 2.47. The van der Waals surface area contributed by atoms with Crippen LogP contribution in [0.4, 0.5) is 11.4 Å². The molecule has 2 heterocycles. The molecule has 0 bridgehead atoms. The Balaban J connectivity index is 1.55. The zero-order chi connectivity index (χ0) is 21.5. The first-order chi connectivity index (χ1) is 15.1. The molecular weight excluding hydrogens is 416 g/mol. The topological polar surface area (TPSA) is 59.1 Å². The SMILES string of the molecule is COc1ccc(N2O[C@@H]3C(=O)N(c4ccc(Cl)cc4)C(=O)[C@@H]3[C@H]2c2ccccc2)cc1. The maximum atomic E-state index is 13.5. The molecule has 2 aliphatic rings. The quantitative estimate of drug-likeness (QED) is 0.570. The molecular formula is C24H19ClN2O4. The number of hydrogen-bond acceptors (Lipinski definition) is 5. The first kappa shape index (κ1) is 19.6. The lowest BCUT2D eigenvalue weighted by Gasteiger charge is -2.28. The zero-order valence-electron chi connectivity index (χ0n) is 16.6. The Labute approximate surface area is 184 Å². The van der Waals surface area contributed by atoms with Gasteiger partial charge in [-0.15, -0.1) is 0 Å². The van der Waals surface area contributed by atoms with Crippen molar-refractivity contribution in [3.8, 4) is 5.75 Å². The maximum absolute atomic E-state index is 13.5. The van der Waals surface area contributed by atoms with Crippen molar-refractivity contribution in [2.45, 2.75) is 12.1 Å². The fraction of sp³-hybridized carbons (Fsp3) is 0.167. The van der Waals surface area contributed by atoms with Gasteiger partial charge in [-0.25, -0.2) is 9.96 Å². The summed E-state index contributed by atoms with van der Waals surface area (Å²) in [7, 11) is 1.60. The Bertz CT molecular complexity index is 1120. The van der Waals surface area contributed by atoms with E-state index < -0.39 is 18.1 Å². The number of anilines is 2. The number of amides is 2. The van der Waals surface area contributed by atoms with E-state index >= 15 is 0 Å². The van der Waals surface area contributed by atoms with E-state index in [4.69, 9.17) is 21.2 Å². The number of carbonyl (C=O) groups excluding carboxylic acids is 2. The van der Waals surface area contributed by atoms with E-state index in [0.29, 0.717) is 16.5 Å². The van der Waals surface area contributed by atoms with Gasteiger partial charge in [0.1, 0.15) is 11.7 Å². The van der Waals surface area contributed by atoms with Crippen molar-refractivity contribution in [2.75, 3.05) is 17.1 Å². The second-order valence-electron chi connectivity index (χ2n) is 7.42. The highest BCUT2D eigenvalue weighted by Gasteiger charge is 2.60. The van der Waals surface area contributed by atoms with Crippen molar-refractivity contribution in [1.82, 2.24) is 0 Å². The van der Waals surface area contributed by atoms with Gasteiger partial charge in [0, 0.05) is 5.02 Å². The minimum atomic E-state index is -0.907. The average molecular weight is 435 g/mol. The number of imide groups is 1. The number of halogens is 1. The molecule has 6 nitrogen and oxygen atoms in total. The average Bonchev–Trinajstić information content (AvgIpc) is 3.31. The van der Waals surface area contributed by atoms with Crippen LogP contribution in [0.2, 0.25) is 5.02 Å². The molecule has 0 aromatic heterocycles. The number of carbonyl (C=O) groups is 2. The molecule has 3 atom stereocenters. The van der Waals surface area contributed by atoms with Crippen LogP contribution in [0.1, 0.15) is 11.6 Å². The van der Waals surface area contributed by atoms with Gasteiger partial charge in [0.25, 0.3) is 5.91 Å². The van der Waals surface area contributed by atoms with Gasteiger partial charge in [-0.2, -0.15) is 0 Å². The predicted octanol–water partition coefficient (Wildman–Crippen LogP) is 4.40. The molecule has 3 aromatic rings. The number of benzene rings is 3. The van der Waals surface area contributed by atoms with Crippen molar-refractivity contribution < 1.29 is 19.2 Å². The van der Waals surface area contributed by atoms with Crippen LogP contribution in [0.25, 0.3) is 0 Å². The van der Waals surface area contributed by atoms with Crippen LogP contribution in [0.5, 0.6) is 5.75 Å². The van der Waals surface area contributed by atoms with Gasteiger partial charge in [-0.05, 0) is 54.1 Å². The predicted molar refractivity (Wildman–Crippen MR) is 117 cm³/mol. The number of methoxy groups -OCH3 is 1. The molecule has 0 aliphatic carbocycles. The van der Waals surface area contributed by atoms with Gasteiger partial charge in [-0.1, -0.05) is 41.9 Å². The summed E-state index contributed by atoms with van der Waals surface area (Å²) in [6.45, 7) is 0. The van der Waals surface area contributed by atoms with Crippen LogP contribution in [-0.2, 0) is 14.4 Å². The summed E-state index contributed by atoms with van der Waals surface area (Å²) in [4.78, 5) is 34.1. The molecule has 7 heteroatoms. The van der Waals surface area contributed by atoms with E-state index in [2.05, 4.69) is 0 Å². The second kappa shape index (κ2) is 7.72. The van der Waals surface area contributed by atoms with E-state index in [1.165, 1.54) is 4.90 Å². The second-order valence-corrected chi connectivity index (χ2v) is 7.86. The van der Waals surface area contributed by atoms with E-state index in [9.17, 15) is 9.59 Å². The summed E-state index contributed by atoms with van der Waals surface area (Å²) in [5, 5.41) is 2.20. The van der Waals surface area contributed by atoms with Gasteiger partial charge >= 0.3 is 0 Å². The van der Waals surface area contributed by atoms with Gasteiger partial charge in [0.05, 0.1) is 24.5 Å². The molecule has 0 spiro atoms. The van der Waals surface area contributed by atoms with Crippen molar-refractivity contribution >= 4 is 34.8 Å². The largest absolute Gasteiger partial charge is 0.497 e. The monoisotopic (exact) mass is 434 g/mol. The van der Waals surface area contributed by atoms with Crippen LogP contribution in [0, 0.1) is 5.92 Å². The van der Waals surface area contributed by atoms with Crippen LogP contribution in [-0.4, -0.2) is 25.0 Å². The van der Waals surface area contributed by atoms with Gasteiger partial charge in [0.2, 0.25) is 5.91 Å². The molecule has 0 radical (unpaired) electrons. The standard InChI is InChI=1S/C24H19ClN2O4/c1-30-19-13-11-18(12-14-19)27-21(15-5-3-2-4-6-15)20-22(31-27)24(29)26(23(20)28)17-9-7-16(25)8-10-17/h2-14,20-22H,1H3/t20-,21-,22+/m1/s1. The van der Waals surface area contributed by atoms with Crippen molar-refractivity contribution in [2.24, 2.45) is 5.92 Å². The Kier molecular flexibility index (Phi) is 4.88. The minimum absolute atomic E-state index is 0.290. The maximum Gasteiger partial charge on any atom is 0.266 e. The third kappa shape index (κ3) is 3.24. The zero-order valence-corrected chi connectivity index (χ0v) is 17.4. The Morgan fingerprint density at radius 3 is 2.13 bits per heavy atom. The molecule has 0 saturated carbocycles. The van der Waals surface area contributed by atoms with Crippen molar-refractivity contribution in [3.63, 3.8) is 0 Å². The molecule has 5 rings (SSSR count). The van der Waals surface area contributed by atoms with Crippen LogP contribution < -0.4 is 14.7 Å². The molecule has 2 saturated heterocycles. The lowest BCUT2D eigenvalue weighted by molar-refractivity contribution is -0.126. The molecule has 2 amide bonds. The molecule has 156 valence electrons. The number of rotatable bonds is 4. The van der Waals surface area contributed by atoms with Crippen LogP contribution in [0.3, 0.4) is 0 Å². The molecule has 3 aromatic carbocycles. The molecule has 31 heavy (non-hydrogen) atoms. The normalized spacial score (nSPS) is 22.7. The lowest BCUT2D eigenvalue weighted by atomic mass is 9.90. The van der Waals surface area contributed by atoms with E-state index in [0.717, 1.165) is 11.3 Å². The summed E-state index contributed by atoms with van der Waals surface area (Å²) in [6.07, 6.45) is -0.907. The molecule has 0 unspecified atom stereocenters. The Morgan fingerprint density at radius 2 is 1.48 bits per heavy atom. The summed E-state index contributed by atoms with van der Waals surface area (Å²) in [6, 6.07) is 23.1. The number of hydrogen-bond donors (Lipinski definition) is 0. The van der Waals surface area contributed by atoms with E-state index in [1.807, 2.05) is 54.6 Å². The third-order valence-electron chi connectivity index (χ3n) is 5.67. The summed E-state index contributed by atoms with van der Waals surface area (Å²) in [5.41, 5.74) is 2.12. The number of fused-ring (bicyclic) bond motifs is 1. The fourth-order valence-electron chi connectivity index (χ4n) is 4.20. The van der Waals surface area contributed by atoms with Crippen LogP contribution in [0.15, 0.2) is 78.9 Å². The van der Waals surface area contributed by atoms with E-state index in [-0.39, 0.29) is 11.8 Å². The number of hydroxylamine groups is 1. The smallest absolute Gasteiger partial charge is 0.266 e. The van der Waals surface area contributed by atoms with E-state index in [1.54, 1.807) is 36.4 Å². The van der Waals surface area contributed by atoms with Gasteiger partial charge < -0.3 is 4.74 Å². The minimum Gasteiger partial charge on any atom is -0.497 e. The summed E-state index contributed by atoms with van der Waals surface area (Å²) < 4.78 is 5.24. The van der Waals surface area contributed by atoms with Crippen molar-refractivity contribution in [3.05, 3.63) is 89.4 Å². The van der Waals surface area contributed by atoms with Crippen molar-refractivity contribution in [1.29, 1.82) is 0 Å². The number of ether oxygens (including phenoxy) is 1. The molecule has 2 fully saturated rings. The summed E-state index contributed by atoms with van der Waals surface area (Å²) in [5.74, 6) is -0.635. The molecule has 2 aliphatic heterocycles. The highest BCUT2D eigenvalue weighted by atomic mass is 35.5. The lowest BCUT2D eigenvalue weighted by Crippen LogP contribution is -2.37. The van der Waals surface area contributed by atoms with Gasteiger partial charge in [0.15, 0.2) is 6.10 Å². The summed E-state index contributed by atoms with van der Waals surface area (Å²) >= 11 is 5.97. The fourth-order valence-corrected chi connectivity index (χ4v) is 4.33. The molecule has 0 N–H and O–H groups in total. The first-order valence-electron chi connectivity index (χ1n) is 9.87. The Morgan fingerprint density at radius 1 is 0.839 bits per heavy atom. The van der Waals surface area contributed by atoms with Crippen LogP contribution >= 0.6 is 11.6 Å².